The minimum absolute atomic E-state index is 0.110. The molecule has 0 saturated carbocycles. The van der Waals surface area contributed by atoms with Gasteiger partial charge in [-0.25, -0.2) is 4.98 Å². The molecule has 0 saturated heterocycles. The number of aryl methyl sites for hydroxylation is 1. The Balaban J connectivity index is 2.50. The van der Waals surface area contributed by atoms with E-state index in [1.165, 1.54) is 11.8 Å². The number of hydrogen-bond donors (Lipinski definition) is 2. The largest absolute Gasteiger partial charge is 0.314 e. The van der Waals surface area contributed by atoms with Gasteiger partial charge in [0.25, 0.3) is 5.56 Å². The molecule has 0 radical (unpaired) electrons. The molecule has 0 aromatic carbocycles. The maximum Gasteiger partial charge on any atom is 0.251 e. The van der Waals surface area contributed by atoms with Crippen LogP contribution in [-0.2, 0) is 6.42 Å². The first-order valence-electron chi connectivity index (χ1n) is 6.40. The monoisotopic (exact) mass is 280 g/mol. The number of nitriles is 1. The highest BCUT2D eigenvalue weighted by Crippen LogP contribution is 2.16. The van der Waals surface area contributed by atoms with E-state index in [9.17, 15) is 4.79 Å². The molecule has 0 amide bonds. The molecule has 104 valence electrons. The predicted octanol–water partition coefficient (Wildman–Crippen LogP) is 1.84. The Bertz CT molecular complexity index is 504. The fourth-order valence-corrected chi connectivity index (χ4v) is 2.44. The van der Waals surface area contributed by atoms with E-state index in [0.29, 0.717) is 11.6 Å². The summed E-state index contributed by atoms with van der Waals surface area (Å²) in [5, 5.41) is 9.45. The summed E-state index contributed by atoms with van der Waals surface area (Å²) in [6, 6.07) is 3.61. The van der Waals surface area contributed by atoms with Gasteiger partial charge in [0, 0.05) is 17.5 Å². The summed E-state index contributed by atoms with van der Waals surface area (Å²) in [4.78, 5) is 18.6. The number of H-pyrrole nitrogens is 1. The summed E-state index contributed by atoms with van der Waals surface area (Å²) >= 11 is 1.49. The number of aromatic nitrogens is 2. The standard InChI is InChI=1S/C13H20N4OS/c1-3-5-10-8-11(18)17-12(16-10)19-7-4-6-13(2,15)9-14/h8H,3-7,15H2,1-2H3,(H,16,17,18). The zero-order chi connectivity index (χ0) is 14.3. The normalized spacial score (nSPS) is 13.8. The molecular formula is C13H20N4OS. The highest BCUT2D eigenvalue weighted by molar-refractivity contribution is 7.99. The van der Waals surface area contributed by atoms with Crippen LogP contribution in [0.5, 0.6) is 0 Å². The van der Waals surface area contributed by atoms with Crippen molar-refractivity contribution in [3.63, 3.8) is 0 Å². The zero-order valence-electron chi connectivity index (χ0n) is 11.4. The molecule has 1 aromatic heterocycles. The molecule has 0 aliphatic heterocycles. The van der Waals surface area contributed by atoms with Crippen molar-refractivity contribution in [3.8, 4) is 6.07 Å². The molecule has 1 aromatic rings. The lowest BCUT2D eigenvalue weighted by Gasteiger charge is -2.14. The molecule has 0 fully saturated rings. The quantitative estimate of drug-likeness (QED) is 0.451. The van der Waals surface area contributed by atoms with Gasteiger partial charge in [-0.2, -0.15) is 5.26 Å². The fraction of sp³-hybridized carbons (Fsp3) is 0.615. The van der Waals surface area contributed by atoms with Crippen molar-refractivity contribution >= 4 is 11.8 Å². The molecule has 0 aliphatic carbocycles. The molecule has 19 heavy (non-hydrogen) atoms. The molecule has 5 nitrogen and oxygen atoms in total. The highest BCUT2D eigenvalue weighted by Gasteiger charge is 2.16. The predicted molar refractivity (Wildman–Crippen MR) is 77.0 cm³/mol. The number of nitrogens with two attached hydrogens (primary N) is 1. The fourth-order valence-electron chi connectivity index (χ4n) is 1.60. The second-order valence-electron chi connectivity index (χ2n) is 4.77. The third-order valence-electron chi connectivity index (χ3n) is 2.61. The molecule has 3 N–H and O–H groups in total. The van der Waals surface area contributed by atoms with Gasteiger partial charge in [-0.1, -0.05) is 25.1 Å². The van der Waals surface area contributed by atoms with Gasteiger partial charge in [0.2, 0.25) is 0 Å². The van der Waals surface area contributed by atoms with E-state index < -0.39 is 5.54 Å². The van der Waals surface area contributed by atoms with Gasteiger partial charge in [0.15, 0.2) is 5.16 Å². The van der Waals surface area contributed by atoms with Crippen molar-refractivity contribution in [1.29, 1.82) is 5.26 Å². The maximum atomic E-state index is 11.5. The van der Waals surface area contributed by atoms with E-state index in [1.54, 1.807) is 13.0 Å². The van der Waals surface area contributed by atoms with Crippen molar-refractivity contribution in [1.82, 2.24) is 9.97 Å². The van der Waals surface area contributed by atoms with Crippen LogP contribution in [0.15, 0.2) is 16.0 Å². The number of hydrogen-bond acceptors (Lipinski definition) is 5. The molecular weight excluding hydrogens is 260 g/mol. The topological polar surface area (TPSA) is 95.6 Å². The van der Waals surface area contributed by atoms with Crippen LogP contribution >= 0.6 is 11.8 Å². The van der Waals surface area contributed by atoms with Gasteiger partial charge in [-0.3, -0.25) is 4.79 Å². The van der Waals surface area contributed by atoms with E-state index in [2.05, 4.69) is 23.0 Å². The average molecular weight is 280 g/mol. The van der Waals surface area contributed by atoms with E-state index >= 15 is 0 Å². The molecule has 0 aliphatic rings. The molecule has 1 heterocycles. The highest BCUT2D eigenvalue weighted by atomic mass is 32.2. The van der Waals surface area contributed by atoms with Crippen LogP contribution in [0, 0.1) is 11.3 Å². The molecule has 1 rings (SSSR count). The summed E-state index contributed by atoms with van der Waals surface area (Å²) in [7, 11) is 0. The Morgan fingerprint density at radius 2 is 2.37 bits per heavy atom. The van der Waals surface area contributed by atoms with Crippen LogP contribution in [-0.4, -0.2) is 21.3 Å². The van der Waals surface area contributed by atoms with Crippen LogP contribution in [0.4, 0.5) is 0 Å². The van der Waals surface area contributed by atoms with Gasteiger partial charge < -0.3 is 10.7 Å². The average Bonchev–Trinajstić information content (AvgIpc) is 2.34. The Morgan fingerprint density at radius 3 is 3.00 bits per heavy atom. The van der Waals surface area contributed by atoms with Gasteiger partial charge in [0.1, 0.15) is 5.54 Å². The number of nitrogens with one attached hydrogen (secondary N) is 1. The van der Waals surface area contributed by atoms with E-state index in [0.717, 1.165) is 30.7 Å². The lowest BCUT2D eigenvalue weighted by atomic mass is 10.0. The minimum Gasteiger partial charge on any atom is -0.314 e. The first kappa shape index (κ1) is 15.7. The van der Waals surface area contributed by atoms with E-state index in [1.807, 2.05) is 0 Å². The summed E-state index contributed by atoms with van der Waals surface area (Å²) in [5.74, 6) is 0.785. The van der Waals surface area contributed by atoms with Crippen LogP contribution in [0.25, 0.3) is 0 Å². The Labute approximate surface area is 117 Å². The summed E-state index contributed by atoms with van der Waals surface area (Å²) < 4.78 is 0. The van der Waals surface area contributed by atoms with Crippen LogP contribution in [0.2, 0.25) is 0 Å². The van der Waals surface area contributed by atoms with Crippen molar-refractivity contribution in [2.45, 2.75) is 50.2 Å². The first-order valence-corrected chi connectivity index (χ1v) is 7.38. The number of nitrogens with zero attached hydrogens (tertiary/aromatic N) is 2. The molecule has 1 atom stereocenters. The summed E-state index contributed by atoms with van der Waals surface area (Å²) in [6.45, 7) is 3.78. The third-order valence-corrected chi connectivity index (χ3v) is 3.57. The smallest absolute Gasteiger partial charge is 0.251 e. The van der Waals surface area contributed by atoms with Gasteiger partial charge in [-0.15, -0.1) is 0 Å². The van der Waals surface area contributed by atoms with Crippen molar-refractivity contribution in [2.75, 3.05) is 5.75 Å². The lowest BCUT2D eigenvalue weighted by Crippen LogP contribution is -2.33. The number of thioether (sulfide) groups is 1. The second kappa shape index (κ2) is 7.31. The number of aromatic amines is 1. The minimum atomic E-state index is -0.772. The molecule has 0 bridgehead atoms. The van der Waals surface area contributed by atoms with Crippen molar-refractivity contribution in [3.05, 3.63) is 22.1 Å². The first-order chi connectivity index (χ1) is 8.96. The van der Waals surface area contributed by atoms with Gasteiger partial charge in [0.05, 0.1) is 6.07 Å². The maximum absolute atomic E-state index is 11.5. The Morgan fingerprint density at radius 1 is 1.63 bits per heavy atom. The van der Waals surface area contributed by atoms with Crippen LogP contribution < -0.4 is 11.3 Å². The molecule has 6 heteroatoms. The van der Waals surface area contributed by atoms with E-state index in [4.69, 9.17) is 11.0 Å². The van der Waals surface area contributed by atoms with Crippen molar-refractivity contribution in [2.24, 2.45) is 5.73 Å². The third kappa shape index (κ3) is 5.90. The van der Waals surface area contributed by atoms with Gasteiger partial charge in [-0.05, 0) is 26.2 Å². The van der Waals surface area contributed by atoms with E-state index in [-0.39, 0.29) is 5.56 Å². The zero-order valence-corrected chi connectivity index (χ0v) is 12.2. The Kier molecular flexibility index (Phi) is 6.06. The molecule has 1 unspecified atom stereocenters. The van der Waals surface area contributed by atoms with Crippen molar-refractivity contribution < 1.29 is 0 Å². The Hall–Kier alpha value is -1.32. The lowest BCUT2D eigenvalue weighted by molar-refractivity contribution is 0.540. The SMILES string of the molecule is CCCc1cc(=O)[nH]c(SCCCC(C)(N)C#N)n1. The molecule has 0 spiro atoms. The van der Waals surface area contributed by atoms with Crippen LogP contribution in [0.3, 0.4) is 0 Å². The summed E-state index contributed by atoms with van der Waals surface area (Å²) in [6.07, 6.45) is 3.23. The summed E-state index contributed by atoms with van der Waals surface area (Å²) in [5.41, 5.74) is 5.69. The number of rotatable bonds is 7. The van der Waals surface area contributed by atoms with Gasteiger partial charge >= 0.3 is 0 Å². The van der Waals surface area contributed by atoms with Crippen LogP contribution in [0.1, 0.15) is 38.8 Å². The second-order valence-corrected chi connectivity index (χ2v) is 5.86.